The number of hydrogen-bond acceptors (Lipinski definition) is 5. The van der Waals surface area contributed by atoms with Gasteiger partial charge in [-0.15, -0.1) is 0 Å². The van der Waals surface area contributed by atoms with E-state index in [1.165, 1.54) is 6.08 Å². The summed E-state index contributed by atoms with van der Waals surface area (Å²) in [6, 6.07) is 0. The van der Waals surface area contributed by atoms with Crippen LogP contribution in [0.25, 0.3) is 0 Å². The number of ether oxygens (including phenoxy) is 1. The Bertz CT molecular complexity index is 925. The highest BCUT2D eigenvalue weighted by Crippen LogP contribution is 2.60. The zero-order valence-electron chi connectivity index (χ0n) is 18.8. The zero-order valence-corrected chi connectivity index (χ0v) is 18.8. The number of aliphatic hydroxyl groups excluding tert-OH is 1. The minimum Gasteiger partial charge on any atom is -0.504 e. The maximum atomic E-state index is 13.3. The quantitative estimate of drug-likeness (QED) is 0.530. The van der Waals surface area contributed by atoms with Crippen molar-refractivity contribution < 1.29 is 24.2 Å². The molecule has 1 saturated carbocycles. The average molecular weight is 413 g/mol. The van der Waals surface area contributed by atoms with E-state index in [0.29, 0.717) is 23.1 Å². The summed E-state index contributed by atoms with van der Waals surface area (Å²) in [5.74, 6) is -1.55. The van der Waals surface area contributed by atoms with E-state index in [9.17, 15) is 19.5 Å². The molecule has 3 atom stereocenters. The lowest BCUT2D eigenvalue weighted by atomic mass is 9.49. The van der Waals surface area contributed by atoms with Crippen LogP contribution in [-0.2, 0) is 19.1 Å². The van der Waals surface area contributed by atoms with Gasteiger partial charge in [0.2, 0.25) is 5.78 Å². The predicted molar refractivity (Wildman–Crippen MR) is 115 cm³/mol. The van der Waals surface area contributed by atoms with Crippen LogP contribution in [0.5, 0.6) is 0 Å². The molecule has 0 radical (unpaired) electrons. The van der Waals surface area contributed by atoms with E-state index >= 15 is 0 Å². The van der Waals surface area contributed by atoms with E-state index < -0.39 is 22.7 Å². The van der Waals surface area contributed by atoms with Gasteiger partial charge in [0.05, 0.1) is 6.61 Å². The first kappa shape index (κ1) is 22.3. The van der Waals surface area contributed by atoms with Gasteiger partial charge in [-0.25, -0.2) is 4.79 Å². The molecule has 5 heteroatoms. The highest BCUT2D eigenvalue weighted by atomic mass is 16.5. The molecule has 0 aromatic carbocycles. The Labute approximate surface area is 178 Å². The minimum absolute atomic E-state index is 0.0294. The Kier molecular flexibility index (Phi) is 5.70. The Morgan fingerprint density at radius 2 is 1.90 bits per heavy atom. The second-order valence-electron chi connectivity index (χ2n) is 10.00. The summed E-state index contributed by atoms with van der Waals surface area (Å²) in [7, 11) is 0. The van der Waals surface area contributed by atoms with Crippen LogP contribution in [0.1, 0.15) is 60.8 Å². The van der Waals surface area contributed by atoms with Gasteiger partial charge in [0.15, 0.2) is 11.5 Å². The second kappa shape index (κ2) is 7.68. The monoisotopic (exact) mass is 412 g/mol. The molecule has 162 valence electrons. The van der Waals surface area contributed by atoms with Crippen LogP contribution in [0.3, 0.4) is 0 Å². The number of aliphatic hydroxyl groups is 1. The Hall–Kier alpha value is -2.43. The van der Waals surface area contributed by atoms with Crippen LogP contribution in [0.2, 0.25) is 0 Å². The van der Waals surface area contributed by atoms with Gasteiger partial charge in [-0.05, 0) is 50.3 Å². The highest BCUT2D eigenvalue weighted by Gasteiger charge is 2.58. The molecule has 3 rings (SSSR count). The molecule has 5 nitrogen and oxygen atoms in total. The van der Waals surface area contributed by atoms with Gasteiger partial charge in [0.1, 0.15) is 0 Å². The maximum absolute atomic E-state index is 13.3. The summed E-state index contributed by atoms with van der Waals surface area (Å²) in [6.45, 7) is 11.5. The lowest BCUT2D eigenvalue weighted by molar-refractivity contribution is -0.150. The van der Waals surface area contributed by atoms with Crippen molar-refractivity contribution in [1.29, 1.82) is 0 Å². The Morgan fingerprint density at radius 3 is 2.50 bits per heavy atom. The lowest BCUT2D eigenvalue weighted by Gasteiger charge is -2.54. The normalized spacial score (nSPS) is 31.0. The summed E-state index contributed by atoms with van der Waals surface area (Å²) in [5.41, 5.74) is 1.33. The van der Waals surface area contributed by atoms with E-state index in [1.807, 2.05) is 41.5 Å². The molecule has 3 unspecified atom stereocenters. The average Bonchev–Trinajstić information content (AvgIpc) is 2.61. The fraction of sp³-hybridized carbons (Fsp3) is 0.560. The van der Waals surface area contributed by atoms with E-state index in [4.69, 9.17) is 4.74 Å². The molecule has 1 fully saturated rings. The van der Waals surface area contributed by atoms with Crippen LogP contribution in [0.15, 0.2) is 46.3 Å². The van der Waals surface area contributed by atoms with E-state index in [2.05, 4.69) is 0 Å². The Morgan fingerprint density at radius 1 is 1.23 bits per heavy atom. The second-order valence-corrected chi connectivity index (χ2v) is 10.00. The van der Waals surface area contributed by atoms with Crippen LogP contribution in [0, 0.1) is 22.7 Å². The third-order valence-corrected chi connectivity index (χ3v) is 6.82. The van der Waals surface area contributed by atoms with Crippen molar-refractivity contribution in [2.24, 2.45) is 22.7 Å². The third-order valence-electron chi connectivity index (χ3n) is 6.82. The predicted octanol–water partition coefficient (Wildman–Crippen LogP) is 4.79. The van der Waals surface area contributed by atoms with Gasteiger partial charge in [-0.3, -0.25) is 9.59 Å². The summed E-state index contributed by atoms with van der Waals surface area (Å²) in [5, 5.41) is 10.9. The first-order valence-corrected chi connectivity index (χ1v) is 10.7. The van der Waals surface area contributed by atoms with Gasteiger partial charge < -0.3 is 9.84 Å². The molecule has 0 heterocycles. The van der Waals surface area contributed by atoms with Gasteiger partial charge in [-0.2, -0.15) is 0 Å². The summed E-state index contributed by atoms with van der Waals surface area (Å²) < 4.78 is 5.52. The zero-order chi connectivity index (χ0) is 22.4. The molecular formula is C25H32O5. The molecule has 0 aromatic rings. The molecule has 1 N–H and O–H groups in total. The van der Waals surface area contributed by atoms with E-state index in [-0.39, 0.29) is 29.9 Å². The lowest BCUT2D eigenvalue weighted by Crippen LogP contribution is -2.53. The number of carbonyl (C=O) groups is 3. The first-order chi connectivity index (χ1) is 13.9. The maximum Gasteiger partial charge on any atom is 0.330 e. The molecular weight excluding hydrogens is 380 g/mol. The fourth-order valence-corrected chi connectivity index (χ4v) is 5.58. The van der Waals surface area contributed by atoms with Crippen LogP contribution in [0.4, 0.5) is 0 Å². The van der Waals surface area contributed by atoms with Crippen molar-refractivity contribution >= 4 is 17.5 Å². The number of ketones is 2. The number of hydrogen-bond donors (Lipinski definition) is 1. The summed E-state index contributed by atoms with van der Waals surface area (Å²) in [6.07, 6.45) is 7.01. The molecule has 0 aliphatic heterocycles. The topological polar surface area (TPSA) is 80.7 Å². The summed E-state index contributed by atoms with van der Waals surface area (Å²) >= 11 is 0. The van der Waals surface area contributed by atoms with E-state index in [0.717, 1.165) is 18.4 Å². The van der Waals surface area contributed by atoms with Crippen molar-refractivity contribution in [2.75, 3.05) is 6.61 Å². The molecule has 3 aliphatic carbocycles. The SMILES string of the molecule is CC(C)=CC(=O)OCC1(C)CCCC2(C)C3=C(O)C(=O)C(C(C)C)=CC3=CC(=O)C12. The standard InChI is InChI=1S/C25H32O5/c1-14(2)10-19(27)30-13-24(5)8-7-9-25(6)20-16(12-18(26)23(24)25)11-17(15(3)4)21(28)22(20)29/h10-12,15,23,29H,7-9,13H2,1-6H3. The smallest absolute Gasteiger partial charge is 0.330 e. The van der Waals surface area contributed by atoms with Crippen molar-refractivity contribution in [1.82, 2.24) is 0 Å². The minimum atomic E-state index is -0.685. The van der Waals surface area contributed by atoms with Crippen molar-refractivity contribution in [3.8, 4) is 0 Å². The molecule has 0 saturated heterocycles. The Balaban J connectivity index is 2.04. The van der Waals surface area contributed by atoms with Crippen molar-refractivity contribution in [3.05, 3.63) is 46.3 Å². The van der Waals surface area contributed by atoms with Gasteiger partial charge >= 0.3 is 5.97 Å². The number of esters is 1. The first-order valence-electron chi connectivity index (χ1n) is 10.7. The van der Waals surface area contributed by atoms with Gasteiger partial charge in [0, 0.05) is 34.0 Å². The number of fused-ring (bicyclic) bond motifs is 3. The van der Waals surface area contributed by atoms with Crippen molar-refractivity contribution in [2.45, 2.75) is 60.8 Å². The van der Waals surface area contributed by atoms with Gasteiger partial charge in [0.25, 0.3) is 0 Å². The molecule has 0 spiro atoms. The third kappa shape index (κ3) is 3.59. The summed E-state index contributed by atoms with van der Waals surface area (Å²) in [4.78, 5) is 38.3. The molecule has 0 aromatic heterocycles. The largest absolute Gasteiger partial charge is 0.504 e. The van der Waals surface area contributed by atoms with Gasteiger partial charge in [-0.1, -0.05) is 39.7 Å². The van der Waals surface area contributed by atoms with Crippen LogP contribution < -0.4 is 0 Å². The fourth-order valence-electron chi connectivity index (χ4n) is 5.58. The van der Waals surface area contributed by atoms with Crippen LogP contribution in [-0.4, -0.2) is 29.2 Å². The molecule has 0 bridgehead atoms. The van der Waals surface area contributed by atoms with Crippen molar-refractivity contribution in [3.63, 3.8) is 0 Å². The highest BCUT2D eigenvalue weighted by molar-refractivity contribution is 6.11. The number of carbonyl (C=O) groups excluding carboxylic acids is 3. The molecule has 30 heavy (non-hydrogen) atoms. The number of rotatable bonds is 4. The number of Topliss-reactive ketones (excluding diaryl/α,β-unsaturated/α-hetero) is 1. The van der Waals surface area contributed by atoms with E-state index in [1.54, 1.807) is 12.2 Å². The number of allylic oxidation sites excluding steroid dienone is 6. The molecule has 0 amide bonds. The molecule has 3 aliphatic rings. The van der Waals surface area contributed by atoms with Crippen LogP contribution >= 0.6 is 0 Å².